The highest BCUT2D eigenvalue weighted by Gasteiger charge is 1.94. The van der Waals surface area contributed by atoms with Crippen molar-refractivity contribution in [1.29, 1.82) is 0 Å². The molecule has 2 heteroatoms. The van der Waals surface area contributed by atoms with E-state index in [9.17, 15) is 0 Å². The highest BCUT2D eigenvalue weighted by molar-refractivity contribution is 7.38. The van der Waals surface area contributed by atoms with E-state index in [0.717, 1.165) is 0 Å². The zero-order valence-corrected chi connectivity index (χ0v) is 4.83. The average molecular weight is 106 g/mol. The molecule has 0 atom stereocenters. The summed E-state index contributed by atoms with van der Waals surface area (Å²) >= 11 is 0. The summed E-state index contributed by atoms with van der Waals surface area (Å²) in [6, 6.07) is 0. The first-order valence-electron chi connectivity index (χ1n) is 2.21. The second-order valence-corrected chi connectivity index (χ2v) is 2.96. The van der Waals surface area contributed by atoms with Crippen molar-refractivity contribution >= 4 is 8.58 Å². The van der Waals surface area contributed by atoms with Crippen LogP contribution in [0.5, 0.6) is 0 Å². The minimum Gasteiger partial charge on any atom is -0.412 e. The number of hydrogen-bond donors (Lipinski definition) is 0. The average Bonchev–Trinajstić information content (AvgIpc) is 1.76. The van der Waals surface area contributed by atoms with Crippen LogP contribution in [0.15, 0.2) is 0 Å². The van der Waals surface area contributed by atoms with Gasteiger partial charge in [0, 0.05) is 0 Å². The quantitative estimate of drug-likeness (QED) is 0.406. The number of hydrogen-bond acceptors (Lipinski definition) is 0. The Balaban J connectivity index is 0.000000250. The van der Waals surface area contributed by atoms with E-state index < -0.39 is 0 Å². The lowest BCUT2D eigenvalue weighted by Gasteiger charge is -1.69. The van der Waals surface area contributed by atoms with Crippen LogP contribution in [-0.4, -0.2) is 17.8 Å². The molecule has 0 spiro atoms. The predicted molar refractivity (Wildman–Crippen MR) is 30.9 cm³/mol. The largest absolute Gasteiger partial charge is 0.412 e. The number of rotatable bonds is 0. The van der Waals surface area contributed by atoms with Gasteiger partial charge in [-0.1, -0.05) is 0 Å². The topological polar surface area (TPSA) is 31.5 Å². The van der Waals surface area contributed by atoms with Crippen LogP contribution in [0.1, 0.15) is 12.8 Å². The third-order valence-electron chi connectivity index (χ3n) is 0.957. The van der Waals surface area contributed by atoms with Gasteiger partial charge in [0.05, 0.1) is 0 Å². The maximum Gasteiger partial charge on any atom is -0.0353 e. The summed E-state index contributed by atoms with van der Waals surface area (Å²) < 4.78 is 0. The van der Waals surface area contributed by atoms with E-state index in [4.69, 9.17) is 0 Å². The van der Waals surface area contributed by atoms with Crippen LogP contribution in [0.2, 0.25) is 0 Å². The minimum atomic E-state index is 0. The third kappa shape index (κ3) is 1.74. The Morgan fingerprint density at radius 3 is 1.67 bits per heavy atom. The van der Waals surface area contributed by atoms with Crippen LogP contribution in [-0.2, 0) is 0 Å². The fourth-order valence-electron chi connectivity index (χ4n) is 0.625. The van der Waals surface area contributed by atoms with Crippen LogP contribution >= 0.6 is 8.58 Å². The van der Waals surface area contributed by atoms with E-state index in [-0.39, 0.29) is 5.48 Å². The Kier molecular flexibility index (Phi) is 3.81. The summed E-state index contributed by atoms with van der Waals surface area (Å²) in [7, 11) is 1.31. The van der Waals surface area contributed by atoms with Gasteiger partial charge in [-0.05, 0) is 25.2 Å². The van der Waals surface area contributed by atoms with Crippen molar-refractivity contribution in [3.63, 3.8) is 0 Å². The Labute approximate surface area is 40.2 Å². The molecule has 0 aromatic rings. The molecular formula is C4H11OP. The fourth-order valence-corrected chi connectivity index (χ4v) is 1.87. The van der Waals surface area contributed by atoms with Crippen molar-refractivity contribution in [2.24, 2.45) is 0 Å². The molecule has 0 saturated carbocycles. The first-order valence-corrected chi connectivity index (χ1v) is 3.62. The smallest absolute Gasteiger partial charge is 0.0353 e. The van der Waals surface area contributed by atoms with E-state index >= 15 is 0 Å². The molecular weight excluding hydrogens is 95.0 g/mol. The van der Waals surface area contributed by atoms with Crippen molar-refractivity contribution in [2.45, 2.75) is 12.8 Å². The van der Waals surface area contributed by atoms with Crippen molar-refractivity contribution in [2.75, 3.05) is 12.3 Å². The first kappa shape index (κ1) is 6.39. The van der Waals surface area contributed by atoms with Gasteiger partial charge in [-0.2, -0.15) is 0 Å². The summed E-state index contributed by atoms with van der Waals surface area (Å²) in [4.78, 5) is 0. The molecule has 2 N–H and O–H groups in total. The summed E-state index contributed by atoms with van der Waals surface area (Å²) in [6.07, 6.45) is 6.08. The molecule has 1 fully saturated rings. The molecule has 0 radical (unpaired) electrons. The van der Waals surface area contributed by atoms with Gasteiger partial charge in [0.2, 0.25) is 0 Å². The zero-order chi connectivity index (χ0) is 3.54. The summed E-state index contributed by atoms with van der Waals surface area (Å²) in [5.41, 5.74) is 0. The SMILES string of the molecule is C1CCPC1.O. The minimum absolute atomic E-state index is 0. The second kappa shape index (κ2) is 3.58. The highest BCUT2D eigenvalue weighted by Crippen LogP contribution is 2.21. The summed E-state index contributed by atoms with van der Waals surface area (Å²) in [5, 5.41) is 0. The second-order valence-electron chi connectivity index (χ2n) is 1.46. The third-order valence-corrected chi connectivity index (χ3v) is 2.37. The lowest BCUT2D eigenvalue weighted by Crippen LogP contribution is -1.58. The molecule has 0 amide bonds. The Morgan fingerprint density at radius 1 is 1.00 bits per heavy atom. The molecule has 0 aromatic carbocycles. The molecule has 0 bridgehead atoms. The van der Waals surface area contributed by atoms with Crippen LogP contribution in [0.25, 0.3) is 0 Å². The molecule has 1 rings (SSSR count). The molecule has 0 aromatic heterocycles. The maximum atomic E-state index is 1.53. The standard InChI is InChI=1S/C4H9P.H2O/c1-2-4-5-3-1;/h5H,1-4H2;1H2. The van der Waals surface area contributed by atoms with Crippen LogP contribution < -0.4 is 0 Å². The fraction of sp³-hybridized carbons (Fsp3) is 1.00. The molecule has 1 heterocycles. The summed E-state index contributed by atoms with van der Waals surface area (Å²) in [5.74, 6) is 0. The van der Waals surface area contributed by atoms with Gasteiger partial charge in [0.25, 0.3) is 0 Å². The molecule has 0 unspecified atom stereocenters. The molecule has 1 saturated heterocycles. The molecule has 1 nitrogen and oxygen atoms in total. The lowest BCUT2D eigenvalue weighted by molar-refractivity contribution is 0.824. The van der Waals surface area contributed by atoms with Gasteiger partial charge in [0.15, 0.2) is 0 Å². The molecule has 38 valence electrons. The lowest BCUT2D eigenvalue weighted by atomic mass is 10.4. The molecule has 0 aliphatic carbocycles. The van der Waals surface area contributed by atoms with Gasteiger partial charge in [-0.25, -0.2) is 0 Å². The van der Waals surface area contributed by atoms with Crippen LogP contribution in [0.3, 0.4) is 0 Å². The molecule has 6 heavy (non-hydrogen) atoms. The van der Waals surface area contributed by atoms with Gasteiger partial charge >= 0.3 is 0 Å². The van der Waals surface area contributed by atoms with Crippen LogP contribution in [0, 0.1) is 0 Å². The van der Waals surface area contributed by atoms with Gasteiger partial charge < -0.3 is 5.48 Å². The maximum absolute atomic E-state index is 1.53. The molecule has 1 aliphatic rings. The normalized spacial score (nSPS) is 20.0. The van der Waals surface area contributed by atoms with E-state index in [0.29, 0.717) is 0 Å². The van der Waals surface area contributed by atoms with Crippen molar-refractivity contribution in [1.82, 2.24) is 0 Å². The van der Waals surface area contributed by atoms with Crippen LogP contribution in [0.4, 0.5) is 0 Å². The highest BCUT2D eigenvalue weighted by atomic mass is 31.1. The van der Waals surface area contributed by atoms with E-state index in [2.05, 4.69) is 0 Å². The van der Waals surface area contributed by atoms with Crippen molar-refractivity contribution in [3.05, 3.63) is 0 Å². The van der Waals surface area contributed by atoms with Crippen molar-refractivity contribution < 1.29 is 5.48 Å². The monoisotopic (exact) mass is 106 g/mol. The van der Waals surface area contributed by atoms with E-state index in [1.165, 1.54) is 33.7 Å². The van der Waals surface area contributed by atoms with E-state index in [1.807, 2.05) is 0 Å². The van der Waals surface area contributed by atoms with Gasteiger partial charge in [0.1, 0.15) is 0 Å². The predicted octanol–water partition coefficient (Wildman–Crippen LogP) is 0.634. The zero-order valence-electron chi connectivity index (χ0n) is 3.83. The Morgan fingerprint density at radius 2 is 1.50 bits per heavy atom. The molecule has 1 aliphatic heterocycles. The van der Waals surface area contributed by atoms with Gasteiger partial charge in [-0.15, -0.1) is 8.58 Å². The Bertz CT molecular complexity index is 19.1. The first-order chi connectivity index (χ1) is 2.50. The summed E-state index contributed by atoms with van der Waals surface area (Å²) in [6.45, 7) is 0. The van der Waals surface area contributed by atoms with E-state index in [1.54, 1.807) is 0 Å². The van der Waals surface area contributed by atoms with Crippen molar-refractivity contribution in [3.8, 4) is 0 Å². The Hall–Kier alpha value is 0.390. The van der Waals surface area contributed by atoms with Gasteiger partial charge in [-0.3, -0.25) is 0 Å².